The lowest BCUT2D eigenvalue weighted by molar-refractivity contribution is 0.0696. The molecule has 0 aliphatic rings. The first kappa shape index (κ1) is 11.2. The van der Waals surface area contributed by atoms with Crippen LogP contribution < -0.4 is 11.1 Å². The molecule has 0 saturated carbocycles. The molecule has 0 radical (unpaired) electrons. The summed E-state index contributed by atoms with van der Waals surface area (Å²) in [4.78, 5) is 22.1. The van der Waals surface area contributed by atoms with E-state index in [9.17, 15) is 9.59 Å². The summed E-state index contributed by atoms with van der Waals surface area (Å²) in [7, 11) is 1.48. The van der Waals surface area contributed by atoms with E-state index in [1.54, 1.807) is 6.07 Å². The first-order valence-electron chi connectivity index (χ1n) is 4.38. The highest BCUT2D eigenvalue weighted by Crippen LogP contribution is 2.10. The lowest BCUT2D eigenvalue weighted by Gasteiger charge is -2.04. The first-order valence-corrected chi connectivity index (χ1v) is 4.38. The van der Waals surface area contributed by atoms with Crippen molar-refractivity contribution in [2.24, 2.45) is 5.73 Å². The predicted molar refractivity (Wildman–Crippen MR) is 54.7 cm³/mol. The maximum absolute atomic E-state index is 11.3. The van der Waals surface area contributed by atoms with Crippen molar-refractivity contribution < 1.29 is 14.7 Å². The number of benzene rings is 1. The molecule has 0 heterocycles. The third-order valence-electron chi connectivity index (χ3n) is 1.96. The zero-order valence-corrected chi connectivity index (χ0v) is 8.28. The van der Waals surface area contributed by atoms with E-state index in [0.29, 0.717) is 11.1 Å². The van der Waals surface area contributed by atoms with Gasteiger partial charge >= 0.3 is 5.97 Å². The van der Waals surface area contributed by atoms with Gasteiger partial charge in [-0.2, -0.15) is 0 Å². The smallest absolute Gasteiger partial charge is 0.335 e. The van der Waals surface area contributed by atoms with Gasteiger partial charge in [0.2, 0.25) is 0 Å². The molecule has 0 fully saturated rings. The van der Waals surface area contributed by atoms with Crippen molar-refractivity contribution in [2.75, 3.05) is 7.05 Å². The van der Waals surface area contributed by atoms with E-state index in [-0.39, 0.29) is 18.0 Å². The molecular formula is C10H12N2O3. The lowest BCUT2D eigenvalue weighted by Crippen LogP contribution is -2.19. The molecule has 0 saturated heterocycles. The van der Waals surface area contributed by atoms with Crippen LogP contribution in [0, 0.1) is 0 Å². The maximum Gasteiger partial charge on any atom is 0.335 e. The molecule has 15 heavy (non-hydrogen) atoms. The third kappa shape index (κ3) is 2.54. The van der Waals surface area contributed by atoms with Crippen molar-refractivity contribution in [1.82, 2.24) is 5.32 Å². The molecule has 0 aliphatic heterocycles. The summed E-state index contributed by atoms with van der Waals surface area (Å²) in [5, 5.41) is 11.2. The van der Waals surface area contributed by atoms with Gasteiger partial charge in [-0.05, 0) is 23.8 Å². The summed E-state index contributed by atoms with van der Waals surface area (Å²) in [6, 6.07) is 4.35. The fraction of sp³-hybridized carbons (Fsp3) is 0.200. The standard InChI is InChI=1S/C10H12N2O3/c1-12-9(13)7-2-6(5-11)3-8(4-7)10(14)15/h2-4H,5,11H2,1H3,(H,12,13)(H,14,15). The number of amides is 1. The number of carboxylic acids is 1. The molecule has 4 N–H and O–H groups in total. The molecule has 0 unspecified atom stereocenters. The molecule has 80 valence electrons. The van der Waals surface area contributed by atoms with Gasteiger partial charge < -0.3 is 16.2 Å². The Morgan fingerprint density at radius 1 is 1.33 bits per heavy atom. The Balaban J connectivity index is 3.23. The van der Waals surface area contributed by atoms with Crippen LogP contribution >= 0.6 is 0 Å². The van der Waals surface area contributed by atoms with Gasteiger partial charge in [-0.3, -0.25) is 4.79 Å². The summed E-state index contributed by atoms with van der Waals surface area (Å²) < 4.78 is 0. The first-order chi connectivity index (χ1) is 7.08. The van der Waals surface area contributed by atoms with Crippen molar-refractivity contribution in [2.45, 2.75) is 6.54 Å². The van der Waals surface area contributed by atoms with Crippen LogP contribution in [0.2, 0.25) is 0 Å². The average Bonchev–Trinajstić information content (AvgIpc) is 2.27. The molecule has 1 rings (SSSR count). The maximum atomic E-state index is 11.3. The number of aromatic carboxylic acids is 1. The fourth-order valence-corrected chi connectivity index (χ4v) is 1.21. The Morgan fingerprint density at radius 3 is 2.40 bits per heavy atom. The van der Waals surface area contributed by atoms with Gasteiger partial charge in [0.25, 0.3) is 5.91 Å². The van der Waals surface area contributed by atoms with Crippen molar-refractivity contribution in [3.63, 3.8) is 0 Å². The molecule has 5 heteroatoms. The van der Waals surface area contributed by atoms with Crippen molar-refractivity contribution in [3.8, 4) is 0 Å². The zero-order chi connectivity index (χ0) is 11.4. The number of hydrogen-bond acceptors (Lipinski definition) is 3. The predicted octanol–water partition coefficient (Wildman–Crippen LogP) is 0.203. The van der Waals surface area contributed by atoms with E-state index in [2.05, 4.69) is 5.32 Å². The molecule has 0 aliphatic carbocycles. The van der Waals surface area contributed by atoms with E-state index in [1.165, 1.54) is 19.2 Å². The van der Waals surface area contributed by atoms with E-state index < -0.39 is 5.97 Å². The number of carbonyl (C=O) groups excluding carboxylic acids is 1. The lowest BCUT2D eigenvalue weighted by atomic mass is 10.1. The quantitative estimate of drug-likeness (QED) is 0.661. The Bertz CT molecular complexity index is 402. The van der Waals surface area contributed by atoms with Crippen LogP contribution in [0.15, 0.2) is 18.2 Å². The van der Waals surface area contributed by atoms with Gasteiger partial charge in [0.15, 0.2) is 0 Å². The zero-order valence-electron chi connectivity index (χ0n) is 8.28. The van der Waals surface area contributed by atoms with Crippen LogP contribution in [-0.2, 0) is 6.54 Å². The van der Waals surface area contributed by atoms with E-state index in [4.69, 9.17) is 10.8 Å². The summed E-state index contributed by atoms with van der Waals surface area (Å²) in [5.41, 5.74) is 6.39. The molecular weight excluding hydrogens is 196 g/mol. The van der Waals surface area contributed by atoms with Crippen LogP contribution in [0.5, 0.6) is 0 Å². The molecule has 0 bridgehead atoms. The molecule has 5 nitrogen and oxygen atoms in total. The van der Waals surface area contributed by atoms with Crippen LogP contribution in [0.1, 0.15) is 26.3 Å². The molecule has 0 spiro atoms. The summed E-state index contributed by atoms with van der Waals surface area (Å²) in [5.74, 6) is -1.40. The SMILES string of the molecule is CNC(=O)c1cc(CN)cc(C(=O)O)c1. The van der Waals surface area contributed by atoms with Crippen molar-refractivity contribution >= 4 is 11.9 Å². The van der Waals surface area contributed by atoms with Gasteiger partial charge in [0.05, 0.1) is 5.56 Å². The van der Waals surface area contributed by atoms with Crippen LogP contribution in [-0.4, -0.2) is 24.0 Å². The highest BCUT2D eigenvalue weighted by Gasteiger charge is 2.10. The number of nitrogens with one attached hydrogen (secondary N) is 1. The summed E-state index contributed by atoms with van der Waals surface area (Å²) >= 11 is 0. The number of nitrogens with two attached hydrogens (primary N) is 1. The number of carboxylic acid groups (broad SMARTS) is 1. The molecule has 1 amide bonds. The van der Waals surface area contributed by atoms with Gasteiger partial charge in [-0.1, -0.05) is 0 Å². The molecule has 0 atom stereocenters. The minimum Gasteiger partial charge on any atom is -0.478 e. The van der Waals surface area contributed by atoms with Gasteiger partial charge in [-0.25, -0.2) is 4.79 Å². The second-order valence-electron chi connectivity index (χ2n) is 3.01. The monoisotopic (exact) mass is 208 g/mol. The van der Waals surface area contributed by atoms with E-state index >= 15 is 0 Å². The topological polar surface area (TPSA) is 92.4 Å². The second kappa shape index (κ2) is 4.56. The fourth-order valence-electron chi connectivity index (χ4n) is 1.21. The Labute approximate surface area is 86.9 Å². The van der Waals surface area contributed by atoms with E-state index in [0.717, 1.165) is 0 Å². The third-order valence-corrected chi connectivity index (χ3v) is 1.96. The number of hydrogen-bond donors (Lipinski definition) is 3. The molecule has 0 aromatic heterocycles. The molecule has 1 aromatic carbocycles. The number of rotatable bonds is 3. The van der Waals surface area contributed by atoms with Gasteiger partial charge in [0, 0.05) is 19.2 Å². The Morgan fingerprint density at radius 2 is 1.93 bits per heavy atom. The van der Waals surface area contributed by atoms with Crippen LogP contribution in [0.4, 0.5) is 0 Å². The van der Waals surface area contributed by atoms with Gasteiger partial charge in [-0.15, -0.1) is 0 Å². The second-order valence-corrected chi connectivity index (χ2v) is 3.01. The van der Waals surface area contributed by atoms with Crippen molar-refractivity contribution in [3.05, 3.63) is 34.9 Å². The summed E-state index contributed by atoms with van der Waals surface area (Å²) in [6.07, 6.45) is 0. The highest BCUT2D eigenvalue weighted by atomic mass is 16.4. The van der Waals surface area contributed by atoms with E-state index in [1.807, 2.05) is 0 Å². The molecule has 1 aromatic rings. The minimum absolute atomic E-state index is 0.0663. The van der Waals surface area contributed by atoms with Gasteiger partial charge in [0.1, 0.15) is 0 Å². The van der Waals surface area contributed by atoms with Crippen LogP contribution in [0.25, 0.3) is 0 Å². The highest BCUT2D eigenvalue weighted by molar-refractivity contribution is 5.97. The minimum atomic E-state index is -1.07. The van der Waals surface area contributed by atoms with Crippen LogP contribution in [0.3, 0.4) is 0 Å². The summed E-state index contributed by atoms with van der Waals surface area (Å²) in [6.45, 7) is 0.200. The normalized spacial score (nSPS) is 9.73. The number of carbonyl (C=O) groups is 2. The average molecular weight is 208 g/mol. The largest absolute Gasteiger partial charge is 0.478 e. The van der Waals surface area contributed by atoms with Crippen molar-refractivity contribution in [1.29, 1.82) is 0 Å². The Kier molecular flexibility index (Phi) is 3.41. The Hall–Kier alpha value is -1.88.